The minimum atomic E-state index is -0.583. The molecule has 0 spiro atoms. The number of hydrogen-bond acceptors (Lipinski definition) is 4. The Balaban J connectivity index is 2.36. The fourth-order valence-electron chi connectivity index (χ4n) is 1.72. The molecule has 21 heavy (non-hydrogen) atoms. The van der Waals surface area contributed by atoms with Crippen LogP contribution in [0.5, 0.6) is 0 Å². The first-order chi connectivity index (χ1) is 9.74. The molecule has 0 bridgehead atoms. The number of nitrogens with one attached hydrogen (secondary N) is 2. The van der Waals surface area contributed by atoms with Crippen molar-refractivity contribution in [3.8, 4) is 0 Å². The van der Waals surface area contributed by atoms with Crippen molar-refractivity contribution < 1.29 is 9.59 Å². The minimum Gasteiger partial charge on any atom is -0.354 e. The third kappa shape index (κ3) is 5.47. The molecule has 0 saturated heterocycles. The lowest BCUT2D eigenvalue weighted by atomic mass is 9.91. The average molecular weight is 311 g/mol. The number of thiophene rings is 1. The maximum absolute atomic E-state index is 11.8. The Labute approximate surface area is 130 Å². The Hall–Kier alpha value is -1.40. The summed E-state index contributed by atoms with van der Waals surface area (Å²) < 4.78 is 0. The Bertz CT molecular complexity index is 469. The van der Waals surface area contributed by atoms with Gasteiger partial charge in [0.25, 0.3) is 0 Å². The second-order valence-corrected chi connectivity index (χ2v) is 7.07. The van der Waals surface area contributed by atoms with Gasteiger partial charge in [-0.25, -0.2) is 0 Å². The van der Waals surface area contributed by atoms with E-state index in [4.69, 9.17) is 5.73 Å². The van der Waals surface area contributed by atoms with Crippen molar-refractivity contribution in [1.82, 2.24) is 10.6 Å². The van der Waals surface area contributed by atoms with Gasteiger partial charge in [0, 0.05) is 16.8 Å². The second kappa shape index (κ2) is 7.56. The van der Waals surface area contributed by atoms with Gasteiger partial charge in [0.05, 0.1) is 12.6 Å². The van der Waals surface area contributed by atoms with Crippen LogP contribution in [0.25, 0.3) is 0 Å². The molecule has 0 aliphatic carbocycles. The largest absolute Gasteiger partial charge is 0.354 e. The molecule has 118 valence electrons. The summed E-state index contributed by atoms with van der Waals surface area (Å²) in [6.45, 7) is 8.37. The summed E-state index contributed by atoms with van der Waals surface area (Å²) in [6.07, 6.45) is 0. The summed E-state index contributed by atoms with van der Waals surface area (Å²) in [4.78, 5) is 24.7. The zero-order valence-electron chi connectivity index (χ0n) is 13.1. The molecule has 0 aromatic carbocycles. The number of hydrogen-bond donors (Lipinski definition) is 3. The molecular formula is C15H25N3O2S. The minimum absolute atomic E-state index is 0.0419. The summed E-state index contributed by atoms with van der Waals surface area (Å²) >= 11 is 1.67. The first kappa shape index (κ1) is 17.7. The Kier molecular flexibility index (Phi) is 6.36. The molecule has 1 atom stereocenters. The Morgan fingerprint density at radius 3 is 2.52 bits per heavy atom. The highest BCUT2D eigenvalue weighted by molar-refractivity contribution is 7.10. The van der Waals surface area contributed by atoms with Gasteiger partial charge in [0.1, 0.15) is 0 Å². The Morgan fingerprint density at radius 1 is 1.33 bits per heavy atom. The molecule has 0 aliphatic rings. The monoisotopic (exact) mass is 311 g/mol. The first-order valence-electron chi connectivity index (χ1n) is 7.08. The molecule has 1 aromatic heterocycles. The van der Waals surface area contributed by atoms with Gasteiger partial charge in [-0.2, -0.15) is 0 Å². The van der Waals surface area contributed by atoms with Gasteiger partial charge in [0.15, 0.2) is 0 Å². The quantitative estimate of drug-likeness (QED) is 0.708. The smallest absolute Gasteiger partial charge is 0.239 e. The summed E-state index contributed by atoms with van der Waals surface area (Å²) in [5.41, 5.74) is 5.59. The number of carbonyl (C=O) groups excluding carboxylic acids is 2. The highest BCUT2D eigenvalue weighted by atomic mass is 32.1. The van der Waals surface area contributed by atoms with E-state index in [1.165, 1.54) is 4.88 Å². The van der Waals surface area contributed by atoms with Crippen LogP contribution in [0.1, 0.15) is 32.6 Å². The van der Waals surface area contributed by atoms with Crippen LogP contribution in [0.15, 0.2) is 17.5 Å². The van der Waals surface area contributed by atoms with Gasteiger partial charge in [-0.15, -0.1) is 11.3 Å². The van der Waals surface area contributed by atoms with Gasteiger partial charge in [0.2, 0.25) is 11.8 Å². The van der Waals surface area contributed by atoms with E-state index in [0.29, 0.717) is 6.54 Å². The van der Waals surface area contributed by atoms with Crippen LogP contribution in [0.3, 0.4) is 0 Å². The first-order valence-corrected chi connectivity index (χ1v) is 7.96. The molecule has 5 nitrogen and oxygen atoms in total. The summed E-state index contributed by atoms with van der Waals surface area (Å²) in [7, 11) is 0. The van der Waals surface area contributed by atoms with Crippen LogP contribution in [0.4, 0.5) is 0 Å². The van der Waals surface area contributed by atoms with Gasteiger partial charge >= 0.3 is 0 Å². The van der Waals surface area contributed by atoms with Crippen molar-refractivity contribution >= 4 is 23.2 Å². The SMILES string of the molecule is CC(C)[C@H](N)C(=O)NCC(=O)NCC(C)(C)c1cccs1. The molecule has 0 radical (unpaired) electrons. The highest BCUT2D eigenvalue weighted by Gasteiger charge is 2.23. The zero-order valence-corrected chi connectivity index (χ0v) is 13.9. The maximum Gasteiger partial charge on any atom is 0.239 e. The summed E-state index contributed by atoms with van der Waals surface area (Å²) in [6, 6.07) is 3.47. The van der Waals surface area contributed by atoms with E-state index in [2.05, 4.69) is 30.5 Å². The van der Waals surface area contributed by atoms with E-state index < -0.39 is 6.04 Å². The molecule has 1 rings (SSSR count). The van der Waals surface area contributed by atoms with Crippen molar-refractivity contribution in [2.75, 3.05) is 13.1 Å². The van der Waals surface area contributed by atoms with Crippen molar-refractivity contribution in [3.05, 3.63) is 22.4 Å². The van der Waals surface area contributed by atoms with Crippen LogP contribution < -0.4 is 16.4 Å². The van der Waals surface area contributed by atoms with E-state index >= 15 is 0 Å². The Morgan fingerprint density at radius 2 is 2.00 bits per heavy atom. The van der Waals surface area contributed by atoms with Crippen LogP contribution in [-0.2, 0) is 15.0 Å². The van der Waals surface area contributed by atoms with E-state index in [1.54, 1.807) is 11.3 Å². The lowest BCUT2D eigenvalue weighted by Gasteiger charge is -2.23. The third-order valence-corrected chi connectivity index (χ3v) is 4.60. The van der Waals surface area contributed by atoms with Crippen LogP contribution in [-0.4, -0.2) is 30.9 Å². The van der Waals surface area contributed by atoms with Crippen molar-refractivity contribution in [2.24, 2.45) is 11.7 Å². The van der Waals surface area contributed by atoms with Crippen molar-refractivity contribution in [2.45, 2.75) is 39.2 Å². The van der Waals surface area contributed by atoms with Gasteiger partial charge in [-0.3, -0.25) is 9.59 Å². The summed E-state index contributed by atoms with van der Waals surface area (Å²) in [5.74, 6) is -0.451. The molecule has 0 saturated carbocycles. The fourth-order valence-corrected chi connectivity index (χ4v) is 2.57. The topological polar surface area (TPSA) is 84.2 Å². The zero-order chi connectivity index (χ0) is 16.0. The van der Waals surface area contributed by atoms with Crippen LogP contribution in [0, 0.1) is 5.92 Å². The van der Waals surface area contributed by atoms with E-state index in [-0.39, 0.29) is 29.7 Å². The molecule has 0 aliphatic heterocycles. The van der Waals surface area contributed by atoms with Crippen LogP contribution >= 0.6 is 11.3 Å². The van der Waals surface area contributed by atoms with Gasteiger partial charge in [-0.1, -0.05) is 33.8 Å². The van der Waals surface area contributed by atoms with Gasteiger partial charge in [-0.05, 0) is 17.4 Å². The lowest BCUT2D eigenvalue weighted by molar-refractivity contribution is -0.127. The predicted octanol–water partition coefficient (Wildman–Crippen LogP) is 1.24. The standard InChI is InChI=1S/C15H25N3O2S/c1-10(2)13(16)14(20)17-8-12(19)18-9-15(3,4)11-6-5-7-21-11/h5-7,10,13H,8-9,16H2,1-4H3,(H,17,20)(H,18,19)/t13-/m0/s1. The second-order valence-electron chi connectivity index (χ2n) is 6.13. The molecule has 4 N–H and O–H groups in total. The molecule has 0 unspecified atom stereocenters. The highest BCUT2D eigenvalue weighted by Crippen LogP contribution is 2.26. The molecule has 0 fully saturated rings. The number of nitrogens with two attached hydrogens (primary N) is 1. The van der Waals surface area contributed by atoms with Crippen molar-refractivity contribution in [3.63, 3.8) is 0 Å². The number of carbonyl (C=O) groups is 2. The molecular weight excluding hydrogens is 286 g/mol. The predicted molar refractivity (Wildman–Crippen MR) is 86.2 cm³/mol. The van der Waals surface area contributed by atoms with Crippen LogP contribution in [0.2, 0.25) is 0 Å². The summed E-state index contributed by atoms with van der Waals surface area (Å²) in [5, 5.41) is 7.43. The molecule has 2 amide bonds. The third-order valence-electron chi connectivity index (χ3n) is 3.36. The van der Waals surface area contributed by atoms with E-state index in [0.717, 1.165) is 0 Å². The average Bonchev–Trinajstić information content (AvgIpc) is 2.96. The fraction of sp³-hybridized carbons (Fsp3) is 0.600. The molecule has 1 heterocycles. The molecule has 6 heteroatoms. The van der Waals surface area contributed by atoms with Gasteiger partial charge < -0.3 is 16.4 Å². The number of rotatable bonds is 7. The van der Waals surface area contributed by atoms with E-state index in [1.807, 2.05) is 25.3 Å². The normalized spacial score (nSPS) is 13.0. The van der Waals surface area contributed by atoms with Crippen molar-refractivity contribution in [1.29, 1.82) is 0 Å². The van der Waals surface area contributed by atoms with E-state index in [9.17, 15) is 9.59 Å². The molecule has 1 aromatic rings. The lowest BCUT2D eigenvalue weighted by Crippen LogP contribution is -2.48. The maximum atomic E-state index is 11.8. The number of amides is 2.